The average Bonchev–Trinajstić information content (AvgIpc) is 2.63. The summed E-state index contributed by atoms with van der Waals surface area (Å²) in [7, 11) is 1.53. The van der Waals surface area contributed by atoms with E-state index in [0.717, 1.165) is 0 Å². The topological polar surface area (TPSA) is 102 Å². The number of esters is 1. The van der Waals surface area contributed by atoms with Crippen molar-refractivity contribution in [2.24, 2.45) is 0 Å². The Labute approximate surface area is 156 Å². The molecule has 1 aliphatic heterocycles. The third kappa shape index (κ3) is 4.56. The van der Waals surface area contributed by atoms with Gasteiger partial charge in [0.2, 0.25) is 5.91 Å². The number of amides is 1. The number of ketones is 1. The molecular formula is C18H23NO6S. The van der Waals surface area contributed by atoms with Crippen LogP contribution in [0.2, 0.25) is 0 Å². The highest BCUT2D eigenvalue weighted by molar-refractivity contribution is 8.00. The molecule has 1 aromatic rings. The number of ether oxygens (including phenoxy) is 2. The summed E-state index contributed by atoms with van der Waals surface area (Å²) in [6.45, 7) is 3.34. The molecule has 0 spiro atoms. The van der Waals surface area contributed by atoms with E-state index in [1.165, 1.54) is 25.8 Å². The lowest BCUT2D eigenvalue weighted by Gasteiger charge is -2.29. The summed E-state index contributed by atoms with van der Waals surface area (Å²) in [5, 5.41) is 12.6. The minimum Gasteiger partial charge on any atom is -0.497 e. The Morgan fingerprint density at radius 2 is 2.00 bits per heavy atom. The van der Waals surface area contributed by atoms with E-state index >= 15 is 0 Å². The highest BCUT2D eigenvalue weighted by Crippen LogP contribution is 2.29. The molecular weight excluding hydrogens is 358 g/mol. The molecule has 0 aromatic heterocycles. The minimum absolute atomic E-state index is 0.134. The van der Waals surface area contributed by atoms with Gasteiger partial charge in [-0.05, 0) is 31.5 Å². The zero-order valence-electron chi connectivity index (χ0n) is 15.0. The first-order valence-corrected chi connectivity index (χ1v) is 9.33. The maximum Gasteiger partial charge on any atom is 0.329 e. The molecule has 142 valence electrons. The van der Waals surface area contributed by atoms with Gasteiger partial charge in [-0.3, -0.25) is 9.59 Å². The van der Waals surface area contributed by atoms with Gasteiger partial charge in [0, 0.05) is 12.2 Å². The second kappa shape index (κ2) is 8.55. The molecule has 0 bridgehead atoms. The summed E-state index contributed by atoms with van der Waals surface area (Å²) in [4.78, 5) is 36.5. The van der Waals surface area contributed by atoms with Crippen molar-refractivity contribution < 1.29 is 29.0 Å². The van der Waals surface area contributed by atoms with Crippen LogP contribution < -0.4 is 10.1 Å². The van der Waals surface area contributed by atoms with Crippen molar-refractivity contribution in [1.29, 1.82) is 0 Å². The lowest BCUT2D eigenvalue weighted by Crippen LogP contribution is -2.52. The SMILES string of the molecule is CCOC(=O)[C@@H]1CS[C@H](CC(=O)[C@](C)(O)c2ccc(OC)cc2)C(=O)N1. The normalized spacial score (nSPS) is 22.1. The Morgan fingerprint density at radius 3 is 2.54 bits per heavy atom. The van der Waals surface area contributed by atoms with Crippen molar-refractivity contribution in [3.05, 3.63) is 29.8 Å². The predicted octanol–water partition coefficient (Wildman–Crippen LogP) is 1.03. The van der Waals surface area contributed by atoms with E-state index in [0.29, 0.717) is 17.1 Å². The van der Waals surface area contributed by atoms with E-state index in [4.69, 9.17) is 9.47 Å². The van der Waals surface area contributed by atoms with E-state index in [-0.39, 0.29) is 13.0 Å². The third-order valence-electron chi connectivity index (χ3n) is 4.21. The molecule has 1 aromatic carbocycles. The molecule has 8 heteroatoms. The van der Waals surface area contributed by atoms with Gasteiger partial charge in [-0.2, -0.15) is 0 Å². The zero-order valence-corrected chi connectivity index (χ0v) is 15.8. The second-order valence-electron chi connectivity index (χ2n) is 6.06. The quantitative estimate of drug-likeness (QED) is 0.680. The molecule has 26 heavy (non-hydrogen) atoms. The van der Waals surface area contributed by atoms with Gasteiger partial charge in [-0.1, -0.05) is 12.1 Å². The van der Waals surface area contributed by atoms with Crippen LogP contribution in [-0.4, -0.2) is 53.5 Å². The molecule has 3 atom stereocenters. The Bertz CT molecular complexity index is 673. The number of carbonyl (C=O) groups is 3. The van der Waals surface area contributed by atoms with Crippen molar-refractivity contribution in [1.82, 2.24) is 5.32 Å². The molecule has 0 unspecified atom stereocenters. The number of rotatable bonds is 7. The van der Waals surface area contributed by atoms with Gasteiger partial charge in [0.15, 0.2) is 5.78 Å². The smallest absolute Gasteiger partial charge is 0.329 e. The maximum atomic E-state index is 12.6. The first-order valence-electron chi connectivity index (χ1n) is 8.28. The fraction of sp³-hybridized carbons (Fsp3) is 0.500. The number of methoxy groups -OCH3 is 1. The van der Waals surface area contributed by atoms with Crippen LogP contribution >= 0.6 is 11.8 Å². The highest BCUT2D eigenvalue weighted by Gasteiger charge is 2.39. The number of thioether (sulfide) groups is 1. The van der Waals surface area contributed by atoms with E-state index < -0.39 is 34.6 Å². The minimum atomic E-state index is -1.72. The number of benzene rings is 1. The van der Waals surface area contributed by atoms with Gasteiger partial charge < -0.3 is 19.9 Å². The van der Waals surface area contributed by atoms with Crippen LogP contribution in [0.5, 0.6) is 5.75 Å². The molecule has 7 nitrogen and oxygen atoms in total. The molecule has 0 aliphatic carbocycles. The number of carbonyl (C=O) groups excluding carboxylic acids is 3. The molecule has 1 amide bonds. The largest absolute Gasteiger partial charge is 0.497 e. The fourth-order valence-corrected chi connectivity index (χ4v) is 3.69. The Hall–Kier alpha value is -2.06. The molecule has 1 aliphatic rings. The number of Topliss-reactive ketones (excluding diaryl/α,β-unsaturated/α-hetero) is 1. The zero-order chi connectivity index (χ0) is 19.3. The molecule has 1 fully saturated rings. The van der Waals surface area contributed by atoms with Gasteiger partial charge in [-0.25, -0.2) is 4.79 Å². The van der Waals surface area contributed by atoms with Gasteiger partial charge in [0.1, 0.15) is 17.4 Å². The summed E-state index contributed by atoms with van der Waals surface area (Å²) in [5.41, 5.74) is -1.29. The second-order valence-corrected chi connectivity index (χ2v) is 7.30. The molecule has 2 rings (SSSR count). The van der Waals surface area contributed by atoms with Crippen molar-refractivity contribution in [3.8, 4) is 5.75 Å². The van der Waals surface area contributed by atoms with Crippen LogP contribution in [0.25, 0.3) is 0 Å². The first-order chi connectivity index (χ1) is 12.3. The third-order valence-corrected chi connectivity index (χ3v) is 5.52. The number of aliphatic hydroxyl groups is 1. The Kier molecular flexibility index (Phi) is 6.66. The standard InChI is InChI=1S/C18H23NO6S/c1-4-25-17(22)13-10-26-14(16(21)19-13)9-15(20)18(2,23)11-5-7-12(24-3)8-6-11/h5-8,13-14,23H,4,9-10H2,1-3H3,(H,19,21)/t13-,14+,18+/m0/s1. The lowest BCUT2D eigenvalue weighted by atomic mass is 9.89. The van der Waals surface area contributed by atoms with Crippen LogP contribution in [0.15, 0.2) is 24.3 Å². The van der Waals surface area contributed by atoms with E-state index in [1.54, 1.807) is 31.2 Å². The van der Waals surface area contributed by atoms with Crippen LogP contribution in [0, 0.1) is 0 Å². The van der Waals surface area contributed by atoms with E-state index in [1.807, 2.05) is 0 Å². The number of hydrogen-bond acceptors (Lipinski definition) is 7. The van der Waals surface area contributed by atoms with Gasteiger partial charge in [0.25, 0.3) is 0 Å². The fourth-order valence-electron chi connectivity index (χ4n) is 2.56. The molecule has 1 saturated heterocycles. The summed E-state index contributed by atoms with van der Waals surface area (Å²) >= 11 is 1.21. The monoisotopic (exact) mass is 381 g/mol. The van der Waals surface area contributed by atoms with Crippen molar-refractivity contribution in [3.63, 3.8) is 0 Å². The van der Waals surface area contributed by atoms with Crippen LogP contribution in [0.4, 0.5) is 0 Å². The Balaban J connectivity index is 2.00. The highest BCUT2D eigenvalue weighted by atomic mass is 32.2. The van der Waals surface area contributed by atoms with E-state index in [2.05, 4.69) is 5.32 Å². The Morgan fingerprint density at radius 1 is 1.35 bits per heavy atom. The van der Waals surface area contributed by atoms with Crippen LogP contribution in [0.1, 0.15) is 25.8 Å². The summed E-state index contributed by atoms with van der Waals surface area (Å²) < 4.78 is 9.96. The van der Waals surface area contributed by atoms with Gasteiger partial charge in [0.05, 0.1) is 19.0 Å². The van der Waals surface area contributed by atoms with Gasteiger partial charge >= 0.3 is 5.97 Å². The van der Waals surface area contributed by atoms with E-state index in [9.17, 15) is 19.5 Å². The van der Waals surface area contributed by atoms with Crippen molar-refractivity contribution >= 4 is 29.4 Å². The van der Waals surface area contributed by atoms with Crippen molar-refractivity contribution in [2.75, 3.05) is 19.5 Å². The summed E-state index contributed by atoms with van der Waals surface area (Å²) in [6.07, 6.45) is -0.134. The molecule has 0 radical (unpaired) electrons. The summed E-state index contributed by atoms with van der Waals surface area (Å²) in [5.74, 6) is -0.414. The molecule has 0 saturated carbocycles. The summed E-state index contributed by atoms with van der Waals surface area (Å²) in [6, 6.07) is 5.83. The average molecular weight is 381 g/mol. The first kappa shape index (κ1) is 20.3. The number of nitrogens with one attached hydrogen (secondary N) is 1. The lowest BCUT2D eigenvalue weighted by molar-refractivity contribution is -0.147. The van der Waals surface area contributed by atoms with Crippen LogP contribution in [0.3, 0.4) is 0 Å². The van der Waals surface area contributed by atoms with Crippen molar-refractivity contribution in [2.45, 2.75) is 37.2 Å². The van der Waals surface area contributed by atoms with Gasteiger partial charge in [-0.15, -0.1) is 11.8 Å². The number of hydrogen-bond donors (Lipinski definition) is 2. The maximum absolute atomic E-state index is 12.6. The molecule has 1 heterocycles. The predicted molar refractivity (Wildman–Crippen MR) is 97.0 cm³/mol. The molecule has 2 N–H and O–H groups in total. The van der Waals surface area contributed by atoms with Crippen LogP contribution in [-0.2, 0) is 24.7 Å².